The molecule has 2 rings (SSSR count). The third kappa shape index (κ3) is 9.07. The zero-order valence-corrected chi connectivity index (χ0v) is 18.7. The number of hydrogen-bond donors (Lipinski definition) is 2. The van der Waals surface area contributed by atoms with Crippen LogP contribution >= 0.6 is 0 Å². The predicted octanol–water partition coefficient (Wildman–Crippen LogP) is 4.71. The fraction of sp³-hybridized carbons (Fsp3) is 0.375. The van der Waals surface area contributed by atoms with Crippen LogP contribution in [0, 0.1) is 15.5 Å². The molecule has 0 radical (unpaired) electrons. The van der Waals surface area contributed by atoms with E-state index in [4.69, 9.17) is 5.11 Å². The number of rotatable bonds is 10. The molecule has 8 heteroatoms. The molecular weight excluding hydrogens is 408 g/mol. The van der Waals surface area contributed by atoms with Crippen LogP contribution in [-0.2, 0) is 4.79 Å². The van der Waals surface area contributed by atoms with Crippen LogP contribution in [0.5, 0.6) is 0 Å². The minimum atomic E-state index is -0.821. The molecule has 1 aromatic carbocycles. The lowest BCUT2D eigenvalue weighted by atomic mass is 9.97. The molecule has 0 bridgehead atoms. The van der Waals surface area contributed by atoms with Crippen LogP contribution in [0.1, 0.15) is 51.2 Å². The Balaban J connectivity index is 2.36. The van der Waals surface area contributed by atoms with Crippen LogP contribution < -0.4 is 5.32 Å². The Bertz CT molecular complexity index is 979. The molecule has 0 amide bonds. The Hall–Kier alpha value is -3.55. The number of aromatic nitrogens is 1. The third-order valence-corrected chi connectivity index (χ3v) is 4.44. The molecule has 2 N–H and O–H groups in total. The van der Waals surface area contributed by atoms with Crippen LogP contribution in [0.25, 0.3) is 5.57 Å². The number of aliphatic carboxylic acids is 1. The molecule has 0 fully saturated rings. The lowest BCUT2D eigenvalue weighted by Crippen LogP contribution is -2.36. The van der Waals surface area contributed by atoms with E-state index in [0.717, 1.165) is 16.7 Å². The van der Waals surface area contributed by atoms with Gasteiger partial charge in [-0.25, -0.2) is 4.99 Å². The first-order chi connectivity index (χ1) is 15.1. The number of pyridine rings is 1. The van der Waals surface area contributed by atoms with Crippen molar-refractivity contribution in [1.29, 1.82) is 0 Å². The largest absolute Gasteiger partial charge is 0.481 e. The monoisotopic (exact) mass is 438 g/mol. The number of aliphatic imine (C=N–C) groups is 1. The number of amidine groups is 1. The second kappa shape index (κ2) is 11.7. The molecule has 0 aliphatic rings. The van der Waals surface area contributed by atoms with E-state index >= 15 is 0 Å². The molecule has 0 saturated carbocycles. The van der Waals surface area contributed by atoms with Gasteiger partial charge in [-0.05, 0) is 47.6 Å². The van der Waals surface area contributed by atoms with Crippen molar-refractivity contribution in [2.45, 2.75) is 40.0 Å². The van der Waals surface area contributed by atoms with Crippen molar-refractivity contribution in [3.63, 3.8) is 0 Å². The molecule has 0 aliphatic carbocycles. The van der Waals surface area contributed by atoms with Crippen molar-refractivity contribution in [3.8, 4) is 0 Å². The van der Waals surface area contributed by atoms with Gasteiger partial charge in [-0.1, -0.05) is 45.0 Å². The molecule has 1 aromatic heterocycles. The first kappa shape index (κ1) is 24.7. The summed E-state index contributed by atoms with van der Waals surface area (Å²) in [5, 5.41) is 23.1. The number of hydrogen-bond acceptors (Lipinski definition) is 5. The Kier molecular flexibility index (Phi) is 9.07. The Morgan fingerprint density at radius 3 is 2.62 bits per heavy atom. The molecule has 170 valence electrons. The number of carbonyl (C=O) groups is 1. The predicted molar refractivity (Wildman–Crippen MR) is 126 cm³/mol. The van der Waals surface area contributed by atoms with Crippen molar-refractivity contribution in [2.75, 3.05) is 13.1 Å². The third-order valence-electron chi connectivity index (χ3n) is 4.44. The smallest absolute Gasteiger partial charge is 0.303 e. The summed E-state index contributed by atoms with van der Waals surface area (Å²) in [6.45, 7) is 6.30. The molecule has 32 heavy (non-hydrogen) atoms. The van der Waals surface area contributed by atoms with Crippen molar-refractivity contribution >= 4 is 23.1 Å². The highest BCUT2D eigenvalue weighted by Crippen LogP contribution is 2.27. The fourth-order valence-corrected chi connectivity index (χ4v) is 2.94. The highest BCUT2D eigenvalue weighted by Gasteiger charge is 2.14. The SMILES string of the molecule is CC(C)(C)CNC(C[N+](=O)[O-])=Nc1cccc(/C(=C\CCCC(=O)O)c2cccnc2)c1. The van der Waals surface area contributed by atoms with Gasteiger partial charge in [0.2, 0.25) is 0 Å². The average molecular weight is 439 g/mol. The highest BCUT2D eigenvalue weighted by atomic mass is 16.6. The number of nitrogens with zero attached hydrogens (tertiary/aromatic N) is 3. The van der Waals surface area contributed by atoms with Gasteiger partial charge in [-0.15, -0.1) is 0 Å². The van der Waals surface area contributed by atoms with Gasteiger partial charge in [-0.2, -0.15) is 0 Å². The summed E-state index contributed by atoms with van der Waals surface area (Å²) in [6.07, 6.45) is 6.67. The van der Waals surface area contributed by atoms with Crippen molar-refractivity contribution < 1.29 is 14.8 Å². The summed E-state index contributed by atoms with van der Waals surface area (Å²) in [5.74, 6) is -0.519. The number of carboxylic acids is 1. The van der Waals surface area contributed by atoms with Crippen molar-refractivity contribution in [3.05, 3.63) is 76.1 Å². The maximum atomic E-state index is 11.1. The summed E-state index contributed by atoms with van der Waals surface area (Å²) in [6, 6.07) is 11.2. The highest BCUT2D eigenvalue weighted by molar-refractivity contribution is 5.87. The van der Waals surface area contributed by atoms with Gasteiger partial charge >= 0.3 is 5.97 Å². The Morgan fingerprint density at radius 2 is 2.00 bits per heavy atom. The van der Waals surface area contributed by atoms with Gasteiger partial charge in [0.1, 0.15) is 0 Å². The Labute approximate surface area is 188 Å². The number of unbranched alkanes of at least 4 members (excludes halogenated alkanes) is 1. The Morgan fingerprint density at radius 1 is 1.25 bits per heavy atom. The average Bonchev–Trinajstić information content (AvgIpc) is 2.72. The maximum absolute atomic E-state index is 11.1. The molecule has 0 spiro atoms. The molecule has 0 aliphatic heterocycles. The molecule has 0 unspecified atom stereocenters. The molecule has 2 aromatic rings. The van der Waals surface area contributed by atoms with E-state index in [1.807, 2.05) is 57.2 Å². The molecule has 1 heterocycles. The number of carboxylic acid groups (broad SMARTS) is 1. The van der Waals surface area contributed by atoms with E-state index in [1.165, 1.54) is 0 Å². The van der Waals surface area contributed by atoms with Gasteiger partial charge in [-0.3, -0.25) is 19.9 Å². The van der Waals surface area contributed by atoms with E-state index in [-0.39, 0.29) is 18.4 Å². The topological polar surface area (TPSA) is 118 Å². The summed E-state index contributed by atoms with van der Waals surface area (Å²) in [7, 11) is 0. The van der Waals surface area contributed by atoms with Gasteiger partial charge in [0.05, 0.1) is 5.69 Å². The van der Waals surface area contributed by atoms with Gasteiger partial charge in [0.15, 0.2) is 5.84 Å². The number of benzene rings is 1. The van der Waals surface area contributed by atoms with Crippen LogP contribution in [-0.4, -0.2) is 39.9 Å². The van der Waals surface area contributed by atoms with E-state index in [0.29, 0.717) is 30.9 Å². The van der Waals surface area contributed by atoms with Crippen LogP contribution in [0.4, 0.5) is 5.69 Å². The lowest BCUT2D eigenvalue weighted by Gasteiger charge is -2.19. The second-order valence-corrected chi connectivity index (χ2v) is 8.66. The van der Waals surface area contributed by atoms with Crippen LogP contribution in [0.2, 0.25) is 0 Å². The normalized spacial score (nSPS) is 12.5. The van der Waals surface area contributed by atoms with Crippen molar-refractivity contribution in [1.82, 2.24) is 10.3 Å². The first-order valence-electron chi connectivity index (χ1n) is 10.5. The summed E-state index contributed by atoms with van der Waals surface area (Å²) >= 11 is 0. The van der Waals surface area contributed by atoms with E-state index < -0.39 is 10.9 Å². The maximum Gasteiger partial charge on any atom is 0.303 e. The fourth-order valence-electron chi connectivity index (χ4n) is 2.94. The summed E-state index contributed by atoms with van der Waals surface area (Å²) < 4.78 is 0. The number of nitro groups is 1. The lowest BCUT2D eigenvalue weighted by molar-refractivity contribution is -0.463. The van der Waals surface area contributed by atoms with E-state index in [1.54, 1.807) is 18.5 Å². The zero-order valence-electron chi connectivity index (χ0n) is 18.7. The minimum absolute atomic E-state index is 0.0502. The number of allylic oxidation sites excluding steroid dienone is 1. The number of nitrogens with one attached hydrogen (secondary N) is 1. The van der Waals surface area contributed by atoms with Gasteiger partial charge < -0.3 is 10.4 Å². The zero-order chi connectivity index (χ0) is 23.6. The molecular formula is C24H30N4O4. The second-order valence-electron chi connectivity index (χ2n) is 8.66. The standard InChI is InChI=1S/C24H30N4O4/c1-24(2,3)17-26-22(16-28(31)32)27-20-10-6-8-18(14-20)21(11-4-5-12-23(29)30)19-9-7-13-25-15-19/h6-11,13-15H,4-5,12,16-17H2,1-3H3,(H,26,27)(H,29,30)/b21-11+. The van der Waals surface area contributed by atoms with E-state index in [2.05, 4.69) is 15.3 Å². The van der Waals surface area contributed by atoms with Crippen LogP contribution in [0.15, 0.2) is 59.9 Å². The quantitative estimate of drug-likeness (QED) is 0.182. The van der Waals surface area contributed by atoms with E-state index in [9.17, 15) is 14.9 Å². The first-order valence-corrected chi connectivity index (χ1v) is 10.5. The van der Waals surface area contributed by atoms with Crippen LogP contribution in [0.3, 0.4) is 0 Å². The van der Waals surface area contributed by atoms with Gasteiger partial charge in [0, 0.05) is 35.8 Å². The minimum Gasteiger partial charge on any atom is -0.481 e. The van der Waals surface area contributed by atoms with Gasteiger partial charge in [0.25, 0.3) is 6.54 Å². The summed E-state index contributed by atoms with van der Waals surface area (Å²) in [4.78, 5) is 30.2. The molecule has 0 saturated heterocycles. The van der Waals surface area contributed by atoms with Crippen molar-refractivity contribution in [2.24, 2.45) is 10.4 Å². The molecule has 0 atom stereocenters. The summed E-state index contributed by atoms with van der Waals surface area (Å²) in [5.41, 5.74) is 3.25. The molecule has 8 nitrogen and oxygen atoms in total.